The molecule has 1 aromatic heterocycles. The molecule has 0 saturated carbocycles. The summed E-state index contributed by atoms with van der Waals surface area (Å²) in [6.45, 7) is 4.89. The molecule has 22 heavy (non-hydrogen) atoms. The molecule has 1 unspecified atom stereocenters. The van der Waals surface area contributed by atoms with Crippen molar-refractivity contribution in [3.8, 4) is 0 Å². The number of piperazine rings is 1. The molecular formula is C17H18N2O2S. The zero-order chi connectivity index (χ0) is 15.7. The lowest BCUT2D eigenvalue weighted by molar-refractivity contribution is -0.124. The Kier molecular flexibility index (Phi) is 3.98. The first-order valence-electron chi connectivity index (χ1n) is 7.31. The lowest BCUT2D eigenvalue weighted by Gasteiger charge is -2.39. The van der Waals surface area contributed by atoms with Gasteiger partial charge in [0.2, 0.25) is 5.91 Å². The lowest BCUT2D eigenvalue weighted by atomic mass is 10.1. The SMILES string of the molecule is Cc1ccccc1N1CCN(C(=O)c2cccs2)C(C)C1=O. The molecule has 0 bridgehead atoms. The molecule has 1 saturated heterocycles. The van der Waals surface area contributed by atoms with E-state index in [2.05, 4.69) is 0 Å². The Morgan fingerprint density at radius 1 is 1.18 bits per heavy atom. The number of benzene rings is 1. The molecule has 1 aromatic carbocycles. The predicted octanol–water partition coefficient (Wildman–Crippen LogP) is 2.93. The smallest absolute Gasteiger partial charge is 0.264 e. The van der Waals surface area contributed by atoms with Gasteiger partial charge in [-0.1, -0.05) is 24.3 Å². The Morgan fingerprint density at radius 3 is 2.64 bits per heavy atom. The molecule has 0 spiro atoms. The van der Waals surface area contributed by atoms with Gasteiger partial charge in [-0.05, 0) is 36.9 Å². The molecule has 2 amide bonds. The number of anilines is 1. The fourth-order valence-corrected chi connectivity index (χ4v) is 3.47. The van der Waals surface area contributed by atoms with Crippen LogP contribution in [0.25, 0.3) is 0 Å². The highest BCUT2D eigenvalue weighted by Crippen LogP contribution is 2.25. The van der Waals surface area contributed by atoms with Crippen LogP contribution in [0.2, 0.25) is 0 Å². The molecule has 1 aliphatic heterocycles. The maximum atomic E-state index is 12.7. The first-order valence-corrected chi connectivity index (χ1v) is 8.19. The van der Waals surface area contributed by atoms with Crippen molar-refractivity contribution in [3.05, 3.63) is 52.2 Å². The number of thiophene rings is 1. The fraction of sp³-hybridized carbons (Fsp3) is 0.294. The first-order chi connectivity index (χ1) is 10.6. The number of nitrogens with zero attached hydrogens (tertiary/aromatic N) is 2. The van der Waals surface area contributed by atoms with E-state index in [0.29, 0.717) is 18.0 Å². The minimum absolute atomic E-state index is 0.0227. The Hall–Kier alpha value is -2.14. The van der Waals surface area contributed by atoms with E-state index < -0.39 is 6.04 Å². The number of rotatable bonds is 2. The van der Waals surface area contributed by atoms with Crippen LogP contribution < -0.4 is 4.90 Å². The molecule has 0 N–H and O–H groups in total. The molecule has 1 aliphatic rings. The van der Waals surface area contributed by atoms with Crippen LogP contribution in [0.4, 0.5) is 5.69 Å². The normalized spacial score (nSPS) is 18.6. The lowest BCUT2D eigenvalue weighted by Crippen LogP contribution is -2.57. The maximum absolute atomic E-state index is 12.7. The molecule has 0 radical (unpaired) electrons. The summed E-state index contributed by atoms with van der Waals surface area (Å²) in [7, 11) is 0. The Balaban J connectivity index is 1.82. The van der Waals surface area contributed by atoms with Crippen LogP contribution in [0.3, 0.4) is 0 Å². The van der Waals surface area contributed by atoms with E-state index in [4.69, 9.17) is 0 Å². The van der Waals surface area contributed by atoms with Gasteiger partial charge in [0.05, 0.1) is 4.88 Å². The van der Waals surface area contributed by atoms with Crippen molar-refractivity contribution in [1.82, 2.24) is 4.90 Å². The number of aryl methyl sites for hydroxylation is 1. The van der Waals surface area contributed by atoms with Gasteiger partial charge in [-0.15, -0.1) is 11.3 Å². The van der Waals surface area contributed by atoms with Gasteiger partial charge in [0.25, 0.3) is 5.91 Å². The Labute approximate surface area is 134 Å². The van der Waals surface area contributed by atoms with Crippen LogP contribution in [-0.2, 0) is 4.79 Å². The van der Waals surface area contributed by atoms with Gasteiger partial charge in [0, 0.05) is 18.8 Å². The van der Waals surface area contributed by atoms with Crippen LogP contribution in [-0.4, -0.2) is 35.8 Å². The van der Waals surface area contributed by atoms with E-state index >= 15 is 0 Å². The van der Waals surface area contributed by atoms with E-state index in [1.165, 1.54) is 11.3 Å². The summed E-state index contributed by atoms with van der Waals surface area (Å²) in [4.78, 5) is 29.3. The molecule has 1 atom stereocenters. The highest BCUT2D eigenvalue weighted by Gasteiger charge is 2.35. The van der Waals surface area contributed by atoms with E-state index in [1.807, 2.05) is 42.6 Å². The molecule has 3 rings (SSSR count). The molecule has 4 nitrogen and oxygen atoms in total. The maximum Gasteiger partial charge on any atom is 0.264 e. The second-order valence-corrected chi connectivity index (χ2v) is 6.38. The van der Waals surface area contributed by atoms with Gasteiger partial charge in [0.15, 0.2) is 0 Å². The molecule has 5 heteroatoms. The van der Waals surface area contributed by atoms with Crippen LogP contribution in [0.15, 0.2) is 41.8 Å². The van der Waals surface area contributed by atoms with Crippen LogP contribution in [0.1, 0.15) is 22.2 Å². The van der Waals surface area contributed by atoms with Gasteiger partial charge in [-0.25, -0.2) is 0 Å². The van der Waals surface area contributed by atoms with Crippen LogP contribution >= 0.6 is 11.3 Å². The third-order valence-corrected chi connectivity index (χ3v) is 4.91. The van der Waals surface area contributed by atoms with E-state index in [1.54, 1.807) is 22.8 Å². The molecule has 2 aromatic rings. The van der Waals surface area contributed by atoms with Crippen LogP contribution in [0, 0.1) is 6.92 Å². The topological polar surface area (TPSA) is 40.6 Å². The zero-order valence-electron chi connectivity index (χ0n) is 12.7. The average molecular weight is 314 g/mol. The van der Waals surface area contributed by atoms with Gasteiger partial charge in [0.1, 0.15) is 6.04 Å². The quantitative estimate of drug-likeness (QED) is 0.855. The second-order valence-electron chi connectivity index (χ2n) is 5.43. The van der Waals surface area contributed by atoms with E-state index in [9.17, 15) is 9.59 Å². The minimum atomic E-state index is -0.442. The molecular weight excluding hydrogens is 296 g/mol. The van der Waals surface area contributed by atoms with E-state index in [0.717, 1.165) is 11.3 Å². The number of carbonyl (C=O) groups is 2. The van der Waals surface area contributed by atoms with Crippen LogP contribution in [0.5, 0.6) is 0 Å². The largest absolute Gasteiger partial charge is 0.324 e. The van der Waals surface area contributed by atoms with Crippen molar-refractivity contribution in [2.24, 2.45) is 0 Å². The number of hydrogen-bond donors (Lipinski definition) is 0. The molecule has 1 fully saturated rings. The van der Waals surface area contributed by atoms with Gasteiger partial charge in [-0.3, -0.25) is 9.59 Å². The highest BCUT2D eigenvalue weighted by atomic mass is 32.1. The number of para-hydroxylation sites is 1. The summed E-state index contributed by atoms with van der Waals surface area (Å²) in [6.07, 6.45) is 0. The second kappa shape index (κ2) is 5.93. The van der Waals surface area contributed by atoms with Crippen molar-refractivity contribution in [2.45, 2.75) is 19.9 Å². The number of amides is 2. The van der Waals surface area contributed by atoms with Gasteiger partial charge >= 0.3 is 0 Å². The Bertz CT molecular complexity index is 696. The summed E-state index contributed by atoms with van der Waals surface area (Å²) in [5.41, 5.74) is 2.00. The van der Waals surface area contributed by atoms with Crippen molar-refractivity contribution >= 4 is 28.8 Å². The minimum Gasteiger partial charge on any atom is -0.324 e. The summed E-state index contributed by atoms with van der Waals surface area (Å²) in [5, 5.41) is 1.88. The fourth-order valence-electron chi connectivity index (χ4n) is 2.80. The highest BCUT2D eigenvalue weighted by molar-refractivity contribution is 7.12. The third-order valence-electron chi connectivity index (χ3n) is 4.05. The van der Waals surface area contributed by atoms with Crippen molar-refractivity contribution in [3.63, 3.8) is 0 Å². The number of hydrogen-bond acceptors (Lipinski definition) is 3. The summed E-state index contributed by atoms with van der Waals surface area (Å²) >= 11 is 1.41. The molecule has 2 heterocycles. The van der Waals surface area contributed by atoms with E-state index in [-0.39, 0.29) is 11.8 Å². The third kappa shape index (κ3) is 2.52. The summed E-state index contributed by atoms with van der Waals surface area (Å²) in [5.74, 6) is -0.0780. The van der Waals surface area contributed by atoms with Gasteiger partial charge in [-0.2, -0.15) is 0 Å². The van der Waals surface area contributed by atoms with Crippen molar-refractivity contribution < 1.29 is 9.59 Å². The number of carbonyl (C=O) groups excluding carboxylic acids is 2. The first kappa shape index (κ1) is 14.8. The van der Waals surface area contributed by atoms with Gasteiger partial charge < -0.3 is 9.80 Å². The average Bonchev–Trinajstić information content (AvgIpc) is 3.05. The molecule has 0 aliphatic carbocycles. The van der Waals surface area contributed by atoms with Crippen molar-refractivity contribution in [1.29, 1.82) is 0 Å². The molecule has 114 valence electrons. The standard InChI is InChI=1S/C17H18N2O2S/c1-12-6-3-4-7-14(12)19-10-9-18(13(2)16(19)20)17(21)15-8-5-11-22-15/h3-8,11,13H,9-10H2,1-2H3. The zero-order valence-corrected chi connectivity index (χ0v) is 13.5. The monoisotopic (exact) mass is 314 g/mol. The summed E-state index contributed by atoms with van der Waals surface area (Å²) in [6, 6.07) is 11.1. The van der Waals surface area contributed by atoms with Crippen molar-refractivity contribution in [2.75, 3.05) is 18.0 Å². The Morgan fingerprint density at radius 2 is 1.95 bits per heavy atom. The summed E-state index contributed by atoms with van der Waals surface area (Å²) < 4.78 is 0. The predicted molar refractivity (Wildman–Crippen MR) is 88.3 cm³/mol.